The molecule has 26 heavy (non-hydrogen) atoms. The van der Waals surface area contributed by atoms with E-state index in [1.807, 2.05) is 35.1 Å². The molecule has 0 aliphatic heterocycles. The lowest BCUT2D eigenvalue weighted by Crippen LogP contribution is -2.17. The second kappa shape index (κ2) is 7.03. The smallest absolute Gasteiger partial charge is 0.338 e. The van der Waals surface area contributed by atoms with Gasteiger partial charge >= 0.3 is 5.97 Å². The summed E-state index contributed by atoms with van der Waals surface area (Å²) in [5.74, 6) is -0.413. The van der Waals surface area contributed by atoms with Gasteiger partial charge in [0, 0.05) is 10.9 Å². The van der Waals surface area contributed by atoms with Gasteiger partial charge in [0.2, 0.25) is 0 Å². The summed E-state index contributed by atoms with van der Waals surface area (Å²) < 4.78 is 7.13. The van der Waals surface area contributed by atoms with E-state index in [1.165, 1.54) is 6.42 Å². The molecule has 132 valence electrons. The van der Waals surface area contributed by atoms with E-state index < -0.39 is 5.97 Å². The van der Waals surface area contributed by atoms with E-state index >= 15 is 0 Å². The predicted octanol–water partition coefficient (Wildman–Crippen LogP) is 3.05. The number of benzene rings is 1. The quantitative estimate of drug-likeness (QED) is 0.520. The number of ether oxygens (including phenoxy) is 1. The molecule has 0 bridgehead atoms. The molecule has 2 aromatic heterocycles. The Morgan fingerprint density at radius 1 is 1.31 bits per heavy atom. The van der Waals surface area contributed by atoms with Crippen LogP contribution < -0.4 is 0 Å². The largest absolute Gasteiger partial charge is 0.462 e. The molecule has 4 rings (SSSR count). The third-order valence-corrected chi connectivity index (χ3v) is 4.60. The van der Waals surface area contributed by atoms with Gasteiger partial charge in [-0.2, -0.15) is 10.2 Å². The highest BCUT2D eigenvalue weighted by atomic mass is 16.5. The molecule has 0 radical (unpaired) electrons. The molecular formula is C19H19N5O2. The maximum atomic E-state index is 12.6. The van der Waals surface area contributed by atoms with E-state index in [9.17, 15) is 4.79 Å². The number of carbonyl (C=O) groups is 1. The van der Waals surface area contributed by atoms with Crippen LogP contribution in [-0.2, 0) is 9.53 Å². The Labute approximate surface area is 150 Å². The van der Waals surface area contributed by atoms with E-state index in [4.69, 9.17) is 4.74 Å². The van der Waals surface area contributed by atoms with Crippen LogP contribution in [0.5, 0.6) is 0 Å². The monoisotopic (exact) mass is 349 g/mol. The lowest BCUT2D eigenvalue weighted by atomic mass is 9.93. The fraction of sp³-hybridized carbons (Fsp3) is 0.316. The van der Waals surface area contributed by atoms with Gasteiger partial charge in [0.25, 0.3) is 0 Å². The summed E-state index contributed by atoms with van der Waals surface area (Å²) in [7, 11) is 0. The highest BCUT2D eigenvalue weighted by Crippen LogP contribution is 2.31. The van der Waals surface area contributed by atoms with Gasteiger partial charge in [-0.05, 0) is 38.3 Å². The first-order valence-electron chi connectivity index (χ1n) is 8.77. The Bertz CT molecular complexity index is 969. The van der Waals surface area contributed by atoms with Crippen molar-refractivity contribution in [1.29, 1.82) is 0 Å². The standard InChI is InChI=1S/C19H19N5O2/c1-2-26-19(25)16(10-13-12-24(23-21-13)14-6-5-7-14)17-11-20-22-18-9-4-3-8-15(17)18/h3-4,8-12,14H,2,5-7H2,1H3/b16-10+. The van der Waals surface area contributed by atoms with Crippen LogP contribution in [0.25, 0.3) is 22.6 Å². The molecule has 3 aromatic rings. The molecule has 1 saturated carbocycles. The number of carbonyl (C=O) groups excluding carboxylic acids is 1. The van der Waals surface area contributed by atoms with E-state index in [-0.39, 0.29) is 0 Å². The number of fused-ring (bicyclic) bond motifs is 1. The van der Waals surface area contributed by atoms with Crippen LogP contribution in [-0.4, -0.2) is 37.8 Å². The average Bonchev–Trinajstić information content (AvgIpc) is 3.06. The van der Waals surface area contributed by atoms with Gasteiger partial charge in [-0.15, -0.1) is 5.10 Å². The molecule has 1 fully saturated rings. The fourth-order valence-corrected chi connectivity index (χ4v) is 3.01. The van der Waals surface area contributed by atoms with Gasteiger partial charge in [0.05, 0.1) is 36.1 Å². The van der Waals surface area contributed by atoms with Gasteiger partial charge in [-0.1, -0.05) is 23.4 Å². The molecule has 0 saturated heterocycles. The van der Waals surface area contributed by atoms with Crippen molar-refractivity contribution in [2.45, 2.75) is 32.2 Å². The van der Waals surface area contributed by atoms with Crippen LogP contribution in [0, 0.1) is 0 Å². The zero-order chi connectivity index (χ0) is 17.9. The summed E-state index contributed by atoms with van der Waals surface area (Å²) in [6.07, 6.45) is 8.63. The van der Waals surface area contributed by atoms with Crippen LogP contribution in [0.1, 0.15) is 43.5 Å². The highest BCUT2D eigenvalue weighted by Gasteiger charge is 2.22. The molecule has 0 atom stereocenters. The lowest BCUT2D eigenvalue weighted by Gasteiger charge is -2.24. The second-order valence-corrected chi connectivity index (χ2v) is 6.26. The molecule has 0 unspecified atom stereocenters. The topological polar surface area (TPSA) is 82.8 Å². The molecule has 1 aliphatic carbocycles. The first-order chi connectivity index (χ1) is 12.8. The summed E-state index contributed by atoms with van der Waals surface area (Å²) in [6.45, 7) is 2.08. The van der Waals surface area contributed by atoms with Crippen LogP contribution >= 0.6 is 0 Å². The van der Waals surface area contributed by atoms with Gasteiger partial charge < -0.3 is 4.74 Å². The molecule has 7 heteroatoms. The molecule has 0 N–H and O–H groups in total. The zero-order valence-corrected chi connectivity index (χ0v) is 14.5. The van der Waals surface area contributed by atoms with Crippen molar-refractivity contribution in [3.05, 3.63) is 47.9 Å². The van der Waals surface area contributed by atoms with Gasteiger partial charge in [-0.25, -0.2) is 9.48 Å². The maximum Gasteiger partial charge on any atom is 0.338 e. The Balaban J connectivity index is 1.79. The van der Waals surface area contributed by atoms with Crippen LogP contribution in [0.3, 0.4) is 0 Å². The number of nitrogens with zero attached hydrogens (tertiary/aromatic N) is 5. The van der Waals surface area contributed by atoms with E-state index in [2.05, 4.69) is 20.5 Å². The minimum Gasteiger partial charge on any atom is -0.462 e. The first kappa shape index (κ1) is 16.4. The second-order valence-electron chi connectivity index (χ2n) is 6.26. The Morgan fingerprint density at radius 2 is 2.15 bits per heavy atom. The molecule has 7 nitrogen and oxygen atoms in total. The van der Waals surface area contributed by atoms with Crippen molar-refractivity contribution in [2.24, 2.45) is 0 Å². The van der Waals surface area contributed by atoms with Crippen molar-refractivity contribution in [3.8, 4) is 0 Å². The molecule has 1 aromatic carbocycles. The number of rotatable bonds is 5. The SMILES string of the molecule is CCOC(=O)/C(=C/c1cn(C2CCC2)nn1)c1cnnc2ccccc12. The summed E-state index contributed by atoms with van der Waals surface area (Å²) in [4.78, 5) is 12.6. The van der Waals surface area contributed by atoms with E-state index in [0.717, 1.165) is 23.7 Å². The van der Waals surface area contributed by atoms with E-state index in [0.29, 0.717) is 29.5 Å². The number of hydrogen-bond acceptors (Lipinski definition) is 6. The molecule has 0 spiro atoms. The third kappa shape index (κ3) is 3.08. The summed E-state index contributed by atoms with van der Waals surface area (Å²) >= 11 is 0. The Kier molecular flexibility index (Phi) is 4.43. The van der Waals surface area contributed by atoms with Crippen LogP contribution in [0.15, 0.2) is 36.7 Å². The molecule has 2 heterocycles. The Morgan fingerprint density at radius 3 is 2.92 bits per heavy atom. The first-order valence-corrected chi connectivity index (χ1v) is 8.77. The predicted molar refractivity (Wildman–Crippen MR) is 97.0 cm³/mol. The van der Waals surface area contributed by atoms with E-state index in [1.54, 1.807) is 19.2 Å². The Hall–Kier alpha value is -3.09. The molecule has 1 aliphatic rings. The van der Waals surface area contributed by atoms with Crippen molar-refractivity contribution in [2.75, 3.05) is 6.61 Å². The summed E-state index contributed by atoms with van der Waals surface area (Å²) in [5, 5.41) is 17.4. The van der Waals surface area contributed by atoms with Crippen LogP contribution in [0.4, 0.5) is 0 Å². The van der Waals surface area contributed by atoms with Crippen molar-refractivity contribution in [1.82, 2.24) is 25.2 Å². The average molecular weight is 349 g/mol. The van der Waals surface area contributed by atoms with Gasteiger partial charge in [0.1, 0.15) is 5.69 Å². The fourth-order valence-electron chi connectivity index (χ4n) is 3.01. The van der Waals surface area contributed by atoms with Crippen molar-refractivity contribution >= 4 is 28.5 Å². The van der Waals surface area contributed by atoms with Gasteiger partial charge in [0.15, 0.2) is 0 Å². The number of hydrogen-bond donors (Lipinski definition) is 0. The summed E-state index contributed by atoms with van der Waals surface area (Å²) in [6, 6.07) is 7.99. The van der Waals surface area contributed by atoms with Crippen LogP contribution in [0.2, 0.25) is 0 Å². The minimum atomic E-state index is -0.413. The molecular weight excluding hydrogens is 330 g/mol. The third-order valence-electron chi connectivity index (χ3n) is 4.60. The van der Waals surface area contributed by atoms with Crippen molar-refractivity contribution < 1.29 is 9.53 Å². The number of esters is 1. The normalized spacial score (nSPS) is 15.0. The van der Waals surface area contributed by atoms with Crippen molar-refractivity contribution in [3.63, 3.8) is 0 Å². The zero-order valence-electron chi connectivity index (χ0n) is 14.5. The highest BCUT2D eigenvalue weighted by molar-refractivity contribution is 6.24. The minimum absolute atomic E-state index is 0.293. The maximum absolute atomic E-state index is 12.6. The summed E-state index contributed by atoms with van der Waals surface area (Å²) in [5.41, 5.74) is 2.42. The lowest BCUT2D eigenvalue weighted by molar-refractivity contribution is -0.136. The number of aromatic nitrogens is 5. The molecule has 0 amide bonds. The van der Waals surface area contributed by atoms with Gasteiger partial charge in [-0.3, -0.25) is 0 Å².